The van der Waals surface area contributed by atoms with E-state index in [4.69, 9.17) is 0 Å². The summed E-state index contributed by atoms with van der Waals surface area (Å²) in [5.74, 6) is -1.55. The van der Waals surface area contributed by atoms with Crippen molar-refractivity contribution in [3.8, 4) is 0 Å². The van der Waals surface area contributed by atoms with E-state index in [1.54, 1.807) is 12.1 Å². The first-order chi connectivity index (χ1) is 10.3. The lowest BCUT2D eigenvalue weighted by Crippen LogP contribution is -2.23. The number of benzene rings is 3. The van der Waals surface area contributed by atoms with Gasteiger partial charge in [-0.05, 0) is 24.6 Å². The average molecular weight is 298 g/mol. The molecule has 0 aliphatic heterocycles. The zero-order valence-electron chi connectivity index (χ0n) is 11.2. The molecule has 0 amide bonds. The van der Waals surface area contributed by atoms with Gasteiger partial charge in [-0.1, -0.05) is 72.8 Å². The van der Waals surface area contributed by atoms with E-state index in [9.17, 15) is 8.78 Å². The van der Waals surface area contributed by atoms with Crippen molar-refractivity contribution in [1.29, 1.82) is 0 Å². The molecule has 3 heteroatoms. The molecule has 0 spiro atoms. The minimum atomic E-state index is -1.10. The fourth-order valence-electron chi connectivity index (χ4n) is 2.25. The van der Waals surface area contributed by atoms with Crippen LogP contribution in [0.15, 0.2) is 78.9 Å². The summed E-state index contributed by atoms with van der Waals surface area (Å²) in [6.45, 7) is 0. The van der Waals surface area contributed by atoms with E-state index < -0.39 is 19.6 Å². The lowest BCUT2D eigenvalue weighted by atomic mass is 10.3. The summed E-state index contributed by atoms with van der Waals surface area (Å²) < 4.78 is 27.9. The van der Waals surface area contributed by atoms with Crippen molar-refractivity contribution < 1.29 is 8.78 Å². The summed E-state index contributed by atoms with van der Waals surface area (Å²) >= 11 is 0. The quantitative estimate of drug-likeness (QED) is 0.646. The van der Waals surface area contributed by atoms with Gasteiger partial charge < -0.3 is 0 Å². The van der Waals surface area contributed by atoms with Crippen LogP contribution >= 0.6 is 7.92 Å². The highest BCUT2D eigenvalue weighted by atomic mass is 31.1. The molecule has 0 N–H and O–H groups in total. The molecule has 0 aromatic heterocycles. The summed E-state index contributed by atoms with van der Waals surface area (Å²) in [6, 6.07) is 23.8. The van der Waals surface area contributed by atoms with Crippen molar-refractivity contribution in [2.75, 3.05) is 0 Å². The molecule has 0 atom stereocenters. The maximum atomic E-state index is 14.3. The molecule has 3 aromatic carbocycles. The van der Waals surface area contributed by atoms with Gasteiger partial charge >= 0.3 is 0 Å². The zero-order chi connectivity index (χ0) is 14.7. The Labute approximate surface area is 123 Å². The highest BCUT2D eigenvalue weighted by molar-refractivity contribution is 7.79. The van der Waals surface area contributed by atoms with E-state index in [2.05, 4.69) is 0 Å². The molecule has 104 valence electrons. The van der Waals surface area contributed by atoms with Crippen LogP contribution in [0.4, 0.5) is 8.78 Å². The van der Waals surface area contributed by atoms with E-state index in [1.807, 2.05) is 60.7 Å². The lowest BCUT2D eigenvalue weighted by molar-refractivity contribution is 0.514. The standard InChI is InChI=1S/C18H13F2P/c19-16-12-7-13-17(18(16)20)21(14-8-3-1-4-9-14)15-10-5-2-6-11-15/h1-13H. The van der Waals surface area contributed by atoms with E-state index in [0.717, 1.165) is 16.7 Å². The Hall–Kier alpha value is -2.05. The van der Waals surface area contributed by atoms with Gasteiger partial charge in [0.2, 0.25) is 0 Å². The maximum absolute atomic E-state index is 14.3. The Bertz CT molecular complexity index is 687. The van der Waals surface area contributed by atoms with Crippen molar-refractivity contribution in [2.24, 2.45) is 0 Å². The molecule has 3 rings (SSSR count). The SMILES string of the molecule is Fc1cccc(P(c2ccccc2)c2ccccc2)c1F. The summed E-state index contributed by atoms with van der Waals surface area (Å²) in [6.07, 6.45) is 0. The zero-order valence-corrected chi connectivity index (χ0v) is 12.1. The maximum Gasteiger partial charge on any atom is 0.167 e. The molecule has 21 heavy (non-hydrogen) atoms. The van der Waals surface area contributed by atoms with Crippen LogP contribution in [0.1, 0.15) is 0 Å². The molecular formula is C18H13F2P. The highest BCUT2D eigenvalue weighted by Gasteiger charge is 2.21. The van der Waals surface area contributed by atoms with Gasteiger partial charge in [-0.2, -0.15) is 0 Å². The molecular weight excluding hydrogens is 285 g/mol. The van der Waals surface area contributed by atoms with Gasteiger partial charge in [-0.3, -0.25) is 0 Å². The largest absolute Gasteiger partial charge is 0.204 e. The molecule has 0 unspecified atom stereocenters. The fraction of sp³-hybridized carbons (Fsp3) is 0. The minimum Gasteiger partial charge on any atom is -0.204 e. The van der Waals surface area contributed by atoms with Crippen molar-refractivity contribution >= 4 is 23.8 Å². The highest BCUT2D eigenvalue weighted by Crippen LogP contribution is 2.33. The van der Waals surface area contributed by atoms with Crippen molar-refractivity contribution in [3.63, 3.8) is 0 Å². The topological polar surface area (TPSA) is 0 Å². The predicted molar refractivity (Wildman–Crippen MR) is 85.1 cm³/mol. The van der Waals surface area contributed by atoms with E-state index in [1.165, 1.54) is 0 Å². The Balaban J connectivity index is 2.20. The number of hydrogen-bond acceptors (Lipinski definition) is 0. The van der Waals surface area contributed by atoms with Gasteiger partial charge in [0.1, 0.15) is 0 Å². The van der Waals surface area contributed by atoms with Crippen LogP contribution in [-0.2, 0) is 0 Å². The van der Waals surface area contributed by atoms with Crippen LogP contribution in [0, 0.1) is 11.6 Å². The average Bonchev–Trinajstić information content (AvgIpc) is 2.54. The fourth-order valence-corrected chi connectivity index (χ4v) is 4.58. The van der Waals surface area contributed by atoms with E-state index in [-0.39, 0.29) is 0 Å². The predicted octanol–water partition coefficient (Wildman–Crippen LogP) is 3.72. The monoisotopic (exact) mass is 298 g/mol. The third kappa shape index (κ3) is 2.86. The Morgan fingerprint density at radius 2 is 1.10 bits per heavy atom. The van der Waals surface area contributed by atoms with Crippen LogP contribution in [0.3, 0.4) is 0 Å². The van der Waals surface area contributed by atoms with Crippen molar-refractivity contribution in [2.45, 2.75) is 0 Å². The molecule has 0 fully saturated rings. The van der Waals surface area contributed by atoms with Gasteiger partial charge in [0, 0.05) is 5.30 Å². The minimum absolute atomic E-state index is 0.419. The summed E-state index contributed by atoms with van der Waals surface area (Å²) in [4.78, 5) is 0. The lowest BCUT2D eigenvalue weighted by Gasteiger charge is -2.19. The van der Waals surface area contributed by atoms with Gasteiger partial charge in [0.25, 0.3) is 0 Å². The van der Waals surface area contributed by atoms with E-state index >= 15 is 0 Å². The summed E-state index contributed by atoms with van der Waals surface area (Å²) in [5.41, 5.74) is 0. The van der Waals surface area contributed by atoms with E-state index in [0.29, 0.717) is 5.30 Å². The van der Waals surface area contributed by atoms with Crippen molar-refractivity contribution in [3.05, 3.63) is 90.5 Å². The Morgan fingerprint density at radius 1 is 0.571 bits per heavy atom. The second-order valence-corrected chi connectivity index (χ2v) is 6.76. The van der Waals surface area contributed by atoms with Crippen LogP contribution in [0.5, 0.6) is 0 Å². The smallest absolute Gasteiger partial charge is 0.167 e. The first kappa shape index (κ1) is 13.9. The van der Waals surface area contributed by atoms with Crippen LogP contribution in [0.2, 0.25) is 0 Å². The Morgan fingerprint density at radius 3 is 1.62 bits per heavy atom. The molecule has 0 radical (unpaired) electrons. The number of hydrogen-bond donors (Lipinski definition) is 0. The normalized spacial score (nSPS) is 10.8. The summed E-state index contributed by atoms with van der Waals surface area (Å²) in [7, 11) is -1.10. The second-order valence-electron chi connectivity index (χ2n) is 4.58. The first-order valence-electron chi connectivity index (χ1n) is 6.61. The van der Waals surface area contributed by atoms with Crippen LogP contribution in [0.25, 0.3) is 0 Å². The number of rotatable bonds is 3. The molecule has 0 nitrogen and oxygen atoms in total. The molecule has 0 aliphatic rings. The molecule has 0 saturated carbocycles. The Kier molecular flexibility index (Phi) is 4.08. The first-order valence-corrected chi connectivity index (χ1v) is 7.96. The van der Waals surface area contributed by atoms with Crippen molar-refractivity contribution in [1.82, 2.24) is 0 Å². The molecule has 0 heterocycles. The number of halogens is 2. The molecule has 3 aromatic rings. The second kappa shape index (κ2) is 6.15. The molecule has 0 aliphatic carbocycles. The van der Waals surface area contributed by atoms with Gasteiger partial charge in [0.15, 0.2) is 11.6 Å². The van der Waals surface area contributed by atoms with Gasteiger partial charge in [-0.25, -0.2) is 8.78 Å². The third-order valence-corrected chi connectivity index (χ3v) is 5.66. The van der Waals surface area contributed by atoms with Crippen LogP contribution in [-0.4, -0.2) is 0 Å². The molecule has 0 bridgehead atoms. The molecule has 0 saturated heterocycles. The van der Waals surface area contributed by atoms with Gasteiger partial charge in [0.05, 0.1) is 0 Å². The third-order valence-electron chi connectivity index (χ3n) is 3.20. The van der Waals surface area contributed by atoms with Crippen LogP contribution < -0.4 is 15.9 Å². The summed E-state index contributed by atoms with van der Waals surface area (Å²) in [5, 5.41) is 2.42. The van der Waals surface area contributed by atoms with Gasteiger partial charge in [-0.15, -0.1) is 0 Å².